The fourth-order valence-electron chi connectivity index (χ4n) is 1.77. The van der Waals surface area contributed by atoms with E-state index >= 15 is 0 Å². The van der Waals surface area contributed by atoms with Crippen molar-refractivity contribution >= 4 is 11.8 Å². The van der Waals surface area contributed by atoms with Crippen LogP contribution in [0.2, 0.25) is 0 Å². The molecule has 21 heavy (non-hydrogen) atoms. The third-order valence-corrected chi connectivity index (χ3v) is 3.03. The van der Waals surface area contributed by atoms with Gasteiger partial charge in [0.2, 0.25) is 11.8 Å². The molecular weight excluding hydrogens is 270 g/mol. The Morgan fingerprint density at radius 3 is 2.43 bits per heavy atom. The Hall–Kier alpha value is -2.08. The van der Waals surface area contributed by atoms with Gasteiger partial charge in [-0.15, -0.1) is 0 Å². The summed E-state index contributed by atoms with van der Waals surface area (Å²) in [5.41, 5.74) is 6.68. The van der Waals surface area contributed by atoms with Gasteiger partial charge in [-0.2, -0.15) is 0 Å². The Bertz CT molecular complexity index is 474. The van der Waals surface area contributed by atoms with Crippen LogP contribution in [0.4, 0.5) is 0 Å². The largest absolute Gasteiger partial charge is 0.508 e. The highest BCUT2D eigenvalue weighted by molar-refractivity contribution is 5.89. The zero-order valence-corrected chi connectivity index (χ0v) is 12.4. The standard InChI is InChI=1S/C15H23N3O3/c1-3-8-17-14(20)10(2)18-15(21)13(16)9-11-4-6-12(19)7-5-11/h4-7,10,13,19H,3,8-9,16H2,1-2H3,(H,17,20)(H,18,21)/t10?,13-/m0/s1. The van der Waals surface area contributed by atoms with Crippen LogP contribution < -0.4 is 16.4 Å². The highest BCUT2D eigenvalue weighted by atomic mass is 16.3. The van der Waals surface area contributed by atoms with Crippen molar-refractivity contribution in [3.05, 3.63) is 29.8 Å². The van der Waals surface area contributed by atoms with Gasteiger partial charge in [-0.25, -0.2) is 0 Å². The second-order valence-electron chi connectivity index (χ2n) is 5.00. The molecule has 0 fully saturated rings. The van der Waals surface area contributed by atoms with Crippen molar-refractivity contribution in [1.82, 2.24) is 10.6 Å². The maximum atomic E-state index is 11.9. The predicted molar refractivity (Wildman–Crippen MR) is 80.7 cm³/mol. The summed E-state index contributed by atoms with van der Waals surface area (Å²) in [6.07, 6.45) is 1.18. The van der Waals surface area contributed by atoms with E-state index in [0.29, 0.717) is 13.0 Å². The molecule has 1 rings (SSSR count). The van der Waals surface area contributed by atoms with E-state index < -0.39 is 12.1 Å². The van der Waals surface area contributed by atoms with E-state index in [0.717, 1.165) is 12.0 Å². The van der Waals surface area contributed by atoms with Gasteiger partial charge in [-0.05, 0) is 37.5 Å². The lowest BCUT2D eigenvalue weighted by atomic mass is 10.1. The molecule has 5 N–H and O–H groups in total. The van der Waals surface area contributed by atoms with E-state index in [1.54, 1.807) is 31.2 Å². The highest BCUT2D eigenvalue weighted by Crippen LogP contribution is 2.10. The highest BCUT2D eigenvalue weighted by Gasteiger charge is 2.19. The molecule has 6 heteroatoms. The van der Waals surface area contributed by atoms with E-state index in [9.17, 15) is 14.7 Å². The Kier molecular flexibility index (Phi) is 6.68. The summed E-state index contributed by atoms with van der Waals surface area (Å²) in [6, 6.07) is 5.15. The van der Waals surface area contributed by atoms with E-state index in [1.807, 2.05) is 6.92 Å². The van der Waals surface area contributed by atoms with Gasteiger partial charge in [-0.1, -0.05) is 19.1 Å². The van der Waals surface area contributed by atoms with Crippen LogP contribution in [0.5, 0.6) is 5.75 Å². The molecule has 6 nitrogen and oxygen atoms in total. The molecule has 1 aromatic carbocycles. The molecule has 0 spiro atoms. The molecule has 0 aromatic heterocycles. The number of nitrogens with one attached hydrogen (secondary N) is 2. The predicted octanol–water partition coefficient (Wildman–Crippen LogP) is 0.293. The lowest BCUT2D eigenvalue weighted by molar-refractivity contribution is -0.129. The average molecular weight is 293 g/mol. The average Bonchev–Trinajstić information content (AvgIpc) is 2.46. The molecule has 0 saturated heterocycles. The maximum absolute atomic E-state index is 11.9. The number of amides is 2. The first kappa shape index (κ1) is 17.0. The van der Waals surface area contributed by atoms with Gasteiger partial charge in [0, 0.05) is 6.54 Å². The summed E-state index contributed by atoms with van der Waals surface area (Å²) in [6.45, 7) is 4.16. The maximum Gasteiger partial charge on any atom is 0.242 e. The second kappa shape index (κ2) is 8.26. The Morgan fingerprint density at radius 2 is 1.86 bits per heavy atom. The molecule has 0 radical (unpaired) electrons. The molecule has 0 aliphatic heterocycles. The third kappa shape index (κ3) is 5.83. The number of carbonyl (C=O) groups is 2. The fraction of sp³-hybridized carbons (Fsp3) is 0.467. The Morgan fingerprint density at radius 1 is 1.24 bits per heavy atom. The first-order valence-corrected chi connectivity index (χ1v) is 7.05. The number of hydrogen-bond donors (Lipinski definition) is 4. The van der Waals surface area contributed by atoms with E-state index in [-0.39, 0.29) is 17.6 Å². The summed E-state index contributed by atoms with van der Waals surface area (Å²) in [7, 11) is 0. The van der Waals surface area contributed by atoms with Crippen LogP contribution in [-0.4, -0.2) is 35.5 Å². The third-order valence-electron chi connectivity index (χ3n) is 3.03. The topological polar surface area (TPSA) is 104 Å². The monoisotopic (exact) mass is 293 g/mol. The molecule has 1 unspecified atom stereocenters. The smallest absolute Gasteiger partial charge is 0.242 e. The Labute approximate surface area is 124 Å². The second-order valence-corrected chi connectivity index (χ2v) is 5.00. The molecular formula is C15H23N3O3. The lowest BCUT2D eigenvalue weighted by Crippen LogP contribution is -2.50. The van der Waals surface area contributed by atoms with Crippen molar-refractivity contribution in [2.45, 2.75) is 38.8 Å². The normalized spacial score (nSPS) is 13.3. The number of carbonyl (C=O) groups excluding carboxylic acids is 2. The lowest BCUT2D eigenvalue weighted by Gasteiger charge is -2.17. The van der Waals surface area contributed by atoms with Crippen molar-refractivity contribution in [3.8, 4) is 5.75 Å². The molecule has 1 aromatic rings. The SMILES string of the molecule is CCCNC(=O)C(C)NC(=O)[C@@H](N)Cc1ccc(O)cc1. The number of phenols is 1. The van der Waals surface area contributed by atoms with Gasteiger partial charge >= 0.3 is 0 Å². The minimum atomic E-state index is -0.740. The molecule has 2 atom stereocenters. The van der Waals surface area contributed by atoms with E-state index in [4.69, 9.17) is 5.73 Å². The molecule has 0 bridgehead atoms. The van der Waals surface area contributed by atoms with Crippen LogP contribution in [0, 0.1) is 0 Å². The number of nitrogens with two attached hydrogens (primary N) is 1. The molecule has 116 valence electrons. The van der Waals surface area contributed by atoms with Crippen molar-refractivity contribution in [3.63, 3.8) is 0 Å². The molecule has 0 aliphatic carbocycles. The fourth-order valence-corrected chi connectivity index (χ4v) is 1.77. The van der Waals surface area contributed by atoms with Gasteiger partial charge in [0.05, 0.1) is 6.04 Å². The quantitative estimate of drug-likeness (QED) is 0.580. The van der Waals surface area contributed by atoms with Crippen LogP contribution >= 0.6 is 0 Å². The molecule has 0 saturated carbocycles. The summed E-state index contributed by atoms with van der Waals surface area (Å²) in [5.74, 6) is -0.428. The summed E-state index contributed by atoms with van der Waals surface area (Å²) in [5, 5.41) is 14.5. The van der Waals surface area contributed by atoms with Crippen molar-refractivity contribution in [2.75, 3.05) is 6.54 Å². The van der Waals surface area contributed by atoms with Gasteiger partial charge in [0.15, 0.2) is 0 Å². The summed E-state index contributed by atoms with van der Waals surface area (Å²) >= 11 is 0. The van der Waals surface area contributed by atoms with Crippen molar-refractivity contribution in [2.24, 2.45) is 5.73 Å². The zero-order valence-electron chi connectivity index (χ0n) is 12.4. The first-order chi connectivity index (χ1) is 9.93. The van der Waals surface area contributed by atoms with E-state index in [1.165, 1.54) is 0 Å². The minimum absolute atomic E-state index is 0.165. The summed E-state index contributed by atoms with van der Waals surface area (Å²) < 4.78 is 0. The van der Waals surface area contributed by atoms with Crippen molar-refractivity contribution in [1.29, 1.82) is 0 Å². The van der Waals surface area contributed by atoms with Gasteiger partial charge in [0.1, 0.15) is 11.8 Å². The van der Waals surface area contributed by atoms with Gasteiger partial charge in [-0.3, -0.25) is 9.59 Å². The Balaban J connectivity index is 2.46. The summed E-state index contributed by atoms with van der Waals surface area (Å²) in [4.78, 5) is 23.6. The first-order valence-electron chi connectivity index (χ1n) is 7.05. The zero-order chi connectivity index (χ0) is 15.8. The van der Waals surface area contributed by atoms with Crippen LogP contribution in [-0.2, 0) is 16.0 Å². The number of benzene rings is 1. The van der Waals surface area contributed by atoms with Crippen LogP contribution in [0.1, 0.15) is 25.8 Å². The molecule has 0 heterocycles. The molecule has 2 amide bonds. The number of aromatic hydroxyl groups is 1. The van der Waals surface area contributed by atoms with Crippen molar-refractivity contribution < 1.29 is 14.7 Å². The van der Waals surface area contributed by atoms with E-state index in [2.05, 4.69) is 10.6 Å². The minimum Gasteiger partial charge on any atom is -0.508 e. The van der Waals surface area contributed by atoms with Gasteiger partial charge < -0.3 is 21.5 Å². The number of phenolic OH excluding ortho intramolecular Hbond substituents is 1. The van der Waals surface area contributed by atoms with Crippen LogP contribution in [0.25, 0.3) is 0 Å². The van der Waals surface area contributed by atoms with Crippen LogP contribution in [0.3, 0.4) is 0 Å². The van der Waals surface area contributed by atoms with Gasteiger partial charge in [0.25, 0.3) is 0 Å². The molecule has 0 aliphatic rings. The van der Waals surface area contributed by atoms with Crippen LogP contribution in [0.15, 0.2) is 24.3 Å². The number of rotatable bonds is 7. The number of hydrogen-bond acceptors (Lipinski definition) is 4.